The molecule has 2 aliphatic rings. The van der Waals surface area contributed by atoms with Crippen LogP contribution in [0.1, 0.15) is 42.5 Å². The Morgan fingerprint density at radius 1 is 1.24 bits per heavy atom. The van der Waals surface area contributed by atoms with Crippen LogP contribution in [0.5, 0.6) is 5.75 Å². The van der Waals surface area contributed by atoms with Crippen LogP contribution in [-0.4, -0.2) is 30.0 Å². The minimum absolute atomic E-state index is 0.0373. The second kappa shape index (κ2) is 6.00. The van der Waals surface area contributed by atoms with Gasteiger partial charge in [-0.15, -0.1) is 0 Å². The molecule has 21 heavy (non-hydrogen) atoms. The van der Waals surface area contributed by atoms with Crippen LogP contribution in [0.15, 0.2) is 24.3 Å². The molecule has 1 aliphatic carbocycles. The van der Waals surface area contributed by atoms with Crippen molar-refractivity contribution >= 4 is 5.91 Å². The number of hydrogen-bond acceptors (Lipinski definition) is 2. The summed E-state index contributed by atoms with van der Waals surface area (Å²) in [5.41, 5.74) is 0.430. The molecule has 0 aromatic heterocycles. The smallest absolute Gasteiger partial charge is 0.387 e. The summed E-state index contributed by atoms with van der Waals surface area (Å²) in [6.07, 6.45) is 5.73. The third-order valence-corrected chi connectivity index (χ3v) is 4.56. The van der Waals surface area contributed by atoms with Gasteiger partial charge in [-0.3, -0.25) is 4.79 Å². The SMILES string of the molecule is O=C(c1cccc(OC(F)F)c1)N1CCCC1C1CCC1. The van der Waals surface area contributed by atoms with Crippen molar-refractivity contribution in [1.29, 1.82) is 0 Å². The molecule has 1 saturated carbocycles. The van der Waals surface area contributed by atoms with Crippen molar-refractivity contribution in [3.63, 3.8) is 0 Å². The van der Waals surface area contributed by atoms with E-state index in [0.29, 0.717) is 17.5 Å². The molecular formula is C16H19F2NO2. The Kier molecular flexibility index (Phi) is 4.08. The lowest BCUT2D eigenvalue weighted by Crippen LogP contribution is -2.42. The van der Waals surface area contributed by atoms with Gasteiger partial charge in [0.25, 0.3) is 5.91 Å². The molecule has 0 N–H and O–H groups in total. The zero-order valence-electron chi connectivity index (χ0n) is 11.8. The Labute approximate surface area is 122 Å². The van der Waals surface area contributed by atoms with E-state index in [2.05, 4.69) is 4.74 Å². The van der Waals surface area contributed by atoms with Crippen LogP contribution < -0.4 is 4.74 Å². The molecule has 1 saturated heterocycles. The first kappa shape index (κ1) is 14.3. The monoisotopic (exact) mass is 295 g/mol. The number of likely N-dealkylation sites (tertiary alicyclic amines) is 1. The van der Waals surface area contributed by atoms with E-state index < -0.39 is 6.61 Å². The second-order valence-electron chi connectivity index (χ2n) is 5.81. The van der Waals surface area contributed by atoms with Gasteiger partial charge in [0, 0.05) is 18.2 Å². The fourth-order valence-electron chi connectivity index (χ4n) is 3.33. The van der Waals surface area contributed by atoms with Crippen molar-refractivity contribution in [3.8, 4) is 5.75 Å². The van der Waals surface area contributed by atoms with E-state index in [1.807, 2.05) is 4.90 Å². The van der Waals surface area contributed by atoms with E-state index in [-0.39, 0.29) is 11.7 Å². The first-order chi connectivity index (χ1) is 10.1. The molecule has 3 nitrogen and oxygen atoms in total. The number of halogens is 2. The Morgan fingerprint density at radius 2 is 2.05 bits per heavy atom. The molecule has 1 amide bonds. The van der Waals surface area contributed by atoms with Crippen LogP contribution in [0.2, 0.25) is 0 Å². The number of hydrogen-bond donors (Lipinski definition) is 0. The van der Waals surface area contributed by atoms with E-state index in [9.17, 15) is 13.6 Å². The van der Waals surface area contributed by atoms with Crippen LogP contribution in [0.25, 0.3) is 0 Å². The molecule has 1 aromatic carbocycles. The minimum atomic E-state index is -2.87. The van der Waals surface area contributed by atoms with Crippen LogP contribution in [-0.2, 0) is 0 Å². The zero-order chi connectivity index (χ0) is 14.8. The van der Waals surface area contributed by atoms with Crippen LogP contribution in [0.4, 0.5) is 8.78 Å². The summed E-state index contributed by atoms with van der Waals surface area (Å²) in [5, 5.41) is 0. The number of amides is 1. The molecule has 1 aliphatic heterocycles. The topological polar surface area (TPSA) is 29.5 Å². The molecule has 1 atom stereocenters. The third-order valence-electron chi connectivity index (χ3n) is 4.56. The lowest BCUT2D eigenvalue weighted by atomic mass is 9.78. The Morgan fingerprint density at radius 3 is 2.71 bits per heavy atom. The van der Waals surface area contributed by atoms with Gasteiger partial charge in [0.2, 0.25) is 0 Å². The van der Waals surface area contributed by atoms with Crippen molar-refractivity contribution in [2.45, 2.75) is 44.8 Å². The highest BCUT2D eigenvalue weighted by atomic mass is 19.3. The molecule has 114 valence electrons. The number of alkyl halides is 2. The predicted octanol–water partition coefficient (Wildman–Crippen LogP) is 3.69. The number of nitrogens with zero attached hydrogens (tertiary/aromatic N) is 1. The number of ether oxygens (including phenoxy) is 1. The maximum absolute atomic E-state index is 12.6. The first-order valence-electron chi connectivity index (χ1n) is 7.51. The van der Waals surface area contributed by atoms with Gasteiger partial charge in [-0.1, -0.05) is 12.5 Å². The van der Waals surface area contributed by atoms with Gasteiger partial charge in [-0.25, -0.2) is 0 Å². The number of rotatable bonds is 4. The molecule has 0 bridgehead atoms. The highest BCUT2D eigenvalue weighted by molar-refractivity contribution is 5.95. The van der Waals surface area contributed by atoms with E-state index in [1.165, 1.54) is 31.4 Å². The molecular weight excluding hydrogens is 276 g/mol. The van der Waals surface area contributed by atoms with E-state index in [0.717, 1.165) is 19.4 Å². The summed E-state index contributed by atoms with van der Waals surface area (Å²) in [6.45, 7) is -2.11. The van der Waals surface area contributed by atoms with Gasteiger partial charge in [0.15, 0.2) is 0 Å². The number of carbonyl (C=O) groups excluding carboxylic acids is 1. The van der Waals surface area contributed by atoms with E-state index >= 15 is 0 Å². The maximum atomic E-state index is 12.6. The van der Waals surface area contributed by atoms with E-state index in [1.54, 1.807) is 12.1 Å². The quantitative estimate of drug-likeness (QED) is 0.848. The van der Waals surface area contributed by atoms with Gasteiger partial charge in [-0.2, -0.15) is 8.78 Å². The maximum Gasteiger partial charge on any atom is 0.387 e. The molecule has 2 fully saturated rings. The molecule has 1 heterocycles. The molecule has 0 spiro atoms. The highest BCUT2D eigenvalue weighted by Gasteiger charge is 2.37. The summed E-state index contributed by atoms with van der Waals surface area (Å²) in [4.78, 5) is 14.5. The lowest BCUT2D eigenvalue weighted by Gasteiger charge is -2.37. The predicted molar refractivity (Wildman–Crippen MR) is 74.5 cm³/mol. The molecule has 1 unspecified atom stereocenters. The third kappa shape index (κ3) is 3.01. The molecule has 1 aromatic rings. The Bertz CT molecular complexity index is 517. The van der Waals surface area contributed by atoms with Gasteiger partial charge in [-0.05, 0) is 49.8 Å². The summed E-state index contributed by atoms with van der Waals surface area (Å²) in [5.74, 6) is 0.594. The number of benzene rings is 1. The van der Waals surface area contributed by atoms with Gasteiger partial charge < -0.3 is 9.64 Å². The first-order valence-corrected chi connectivity index (χ1v) is 7.51. The summed E-state index contributed by atoms with van der Waals surface area (Å²) >= 11 is 0. The lowest BCUT2D eigenvalue weighted by molar-refractivity contribution is -0.0499. The Balaban J connectivity index is 1.74. The molecule has 3 rings (SSSR count). The van der Waals surface area contributed by atoms with Crippen molar-refractivity contribution in [2.24, 2.45) is 5.92 Å². The zero-order valence-corrected chi connectivity index (χ0v) is 11.8. The molecule has 5 heteroatoms. The summed E-state index contributed by atoms with van der Waals surface area (Å²) in [7, 11) is 0. The second-order valence-corrected chi connectivity index (χ2v) is 5.81. The fourth-order valence-corrected chi connectivity index (χ4v) is 3.33. The minimum Gasteiger partial charge on any atom is -0.435 e. The van der Waals surface area contributed by atoms with Gasteiger partial charge in [0.1, 0.15) is 5.75 Å². The highest BCUT2D eigenvalue weighted by Crippen LogP contribution is 2.37. The van der Waals surface area contributed by atoms with Crippen molar-refractivity contribution in [3.05, 3.63) is 29.8 Å². The van der Waals surface area contributed by atoms with Crippen LogP contribution in [0, 0.1) is 5.92 Å². The van der Waals surface area contributed by atoms with E-state index in [4.69, 9.17) is 0 Å². The molecule has 0 radical (unpaired) electrons. The number of carbonyl (C=O) groups is 1. The summed E-state index contributed by atoms with van der Waals surface area (Å²) in [6, 6.07) is 6.42. The van der Waals surface area contributed by atoms with Crippen LogP contribution in [0.3, 0.4) is 0 Å². The normalized spacial score (nSPS) is 22.4. The Hall–Kier alpha value is -1.65. The van der Waals surface area contributed by atoms with Crippen molar-refractivity contribution in [1.82, 2.24) is 4.90 Å². The van der Waals surface area contributed by atoms with Gasteiger partial charge in [0.05, 0.1) is 0 Å². The average molecular weight is 295 g/mol. The van der Waals surface area contributed by atoms with Crippen molar-refractivity contribution < 1.29 is 18.3 Å². The average Bonchev–Trinajstić information content (AvgIpc) is 2.84. The van der Waals surface area contributed by atoms with Crippen LogP contribution >= 0.6 is 0 Å². The van der Waals surface area contributed by atoms with Gasteiger partial charge >= 0.3 is 6.61 Å². The standard InChI is InChI=1S/C16H19F2NO2/c17-16(18)21-13-7-2-6-12(10-13)15(20)19-9-3-8-14(19)11-4-1-5-11/h2,6-7,10-11,14,16H,1,3-5,8-9H2. The largest absolute Gasteiger partial charge is 0.435 e. The fraction of sp³-hybridized carbons (Fsp3) is 0.562. The summed E-state index contributed by atoms with van der Waals surface area (Å²) < 4.78 is 28.9. The van der Waals surface area contributed by atoms with Crippen molar-refractivity contribution in [2.75, 3.05) is 6.54 Å².